The van der Waals surface area contributed by atoms with Gasteiger partial charge in [0, 0.05) is 32.4 Å². The second-order valence-corrected chi connectivity index (χ2v) is 6.74. The number of aromatic nitrogens is 1. The van der Waals surface area contributed by atoms with Crippen LogP contribution in [0, 0.1) is 0 Å². The molecule has 1 aromatic heterocycles. The number of carbonyl (C=O) groups is 1. The zero-order chi connectivity index (χ0) is 16.8. The molecule has 0 spiro atoms. The summed E-state index contributed by atoms with van der Waals surface area (Å²) in [4.78, 5) is 18.9. The Morgan fingerprint density at radius 1 is 1.38 bits per heavy atom. The fourth-order valence-electron chi connectivity index (χ4n) is 3.40. The zero-order valence-corrected chi connectivity index (χ0v) is 14.5. The first-order chi connectivity index (χ1) is 11.7. The van der Waals surface area contributed by atoms with Gasteiger partial charge in [0.25, 0.3) is 0 Å². The third kappa shape index (κ3) is 4.60. The lowest BCUT2D eigenvalue weighted by Crippen LogP contribution is -2.45. The molecule has 2 fully saturated rings. The Morgan fingerprint density at radius 3 is 2.96 bits per heavy atom. The summed E-state index contributed by atoms with van der Waals surface area (Å²) >= 11 is 0. The lowest BCUT2D eigenvalue weighted by atomic mass is 10.1. The van der Waals surface area contributed by atoms with Gasteiger partial charge in [-0.1, -0.05) is 0 Å². The van der Waals surface area contributed by atoms with Crippen LogP contribution in [0.4, 0.5) is 10.6 Å². The third-order valence-corrected chi connectivity index (χ3v) is 4.82. The summed E-state index contributed by atoms with van der Waals surface area (Å²) in [6, 6.07) is 3.93. The Bertz CT molecular complexity index is 540. The van der Waals surface area contributed by atoms with Gasteiger partial charge in [0.15, 0.2) is 0 Å². The zero-order valence-electron chi connectivity index (χ0n) is 14.5. The van der Waals surface area contributed by atoms with Gasteiger partial charge >= 0.3 is 6.03 Å². The number of hydrogen-bond acceptors (Lipinski definition) is 4. The van der Waals surface area contributed by atoms with Gasteiger partial charge in [0.1, 0.15) is 5.82 Å². The van der Waals surface area contributed by atoms with E-state index in [0.717, 1.165) is 43.9 Å². The molecule has 1 aromatic rings. The number of hydrogen-bond donors (Lipinski definition) is 2. The molecule has 6 heteroatoms. The average molecular weight is 332 g/mol. The van der Waals surface area contributed by atoms with Gasteiger partial charge in [0.05, 0.1) is 12.1 Å². The summed E-state index contributed by atoms with van der Waals surface area (Å²) in [7, 11) is 0. The van der Waals surface area contributed by atoms with Crippen molar-refractivity contribution in [3.05, 3.63) is 23.9 Å². The van der Waals surface area contributed by atoms with Gasteiger partial charge in [0.2, 0.25) is 0 Å². The maximum atomic E-state index is 12.1. The molecule has 2 saturated heterocycles. The van der Waals surface area contributed by atoms with E-state index in [9.17, 15) is 4.79 Å². The highest BCUT2D eigenvalue weighted by Crippen LogP contribution is 2.18. The van der Waals surface area contributed by atoms with E-state index in [0.29, 0.717) is 6.54 Å². The van der Waals surface area contributed by atoms with Crippen LogP contribution < -0.4 is 15.5 Å². The van der Waals surface area contributed by atoms with Gasteiger partial charge in [-0.2, -0.15) is 0 Å². The maximum absolute atomic E-state index is 12.1. The number of amides is 2. The van der Waals surface area contributed by atoms with Crippen molar-refractivity contribution < 1.29 is 9.53 Å². The molecule has 132 valence electrons. The number of anilines is 1. The van der Waals surface area contributed by atoms with Gasteiger partial charge in [-0.3, -0.25) is 0 Å². The molecule has 0 bridgehead atoms. The number of nitrogens with zero attached hydrogens (tertiary/aromatic N) is 2. The van der Waals surface area contributed by atoms with E-state index in [4.69, 9.17) is 4.74 Å². The molecule has 0 unspecified atom stereocenters. The van der Waals surface area contributed by atoms with Crippen molar-refractivity contribution in [3.8, 4) is 0 Å². The van der Waals surface area contributed by atoms with Crippen LogP contribution in [0.2, 0.25) is 0 Å². The van der Waals surface area contributed by atoms with E-state index in [1.54, 1.807) is 0 Å². The number of carbonyl (C=O) groups excluding carboxylic acids is 1. The summed E-state index contributed by atoms with van der Waals surface area (Å²) in [6.07, 6.45) is 7.83. The molecule has 0 radical (unpaired) electrons. The Morgan fingerprint density at radius 2 is 2.21 bits per heavy atom. The van der Waals surface area contributed by atoms with Crippen molar-refractivity contribution >= 4 is 11.8 Å². The fraction of sp³-hybridized carbons (Fsp3) is 0.667. The minimum Gasteiger partial charge on any atom is -0.376 e. The Labute approximate surface area is 144 Å². The van der Waals surface area contributed by atoms with E-state index >= 15 is 0 Å². The van der Waals surface area contributed by atoms with E-state index in [1.165, 1.54) is 19.3 Å². The molecule has 6 nitrogen and oxygen atoms in total. The summed E-state index contributed by atoms with van der Waals surface area (Å²) in [5, 5.41) is 5.90. The number of nitrogens with one attached hydrogen (secondary N) is 2. The van der Waals surface area contributed by atoms with Crippen LogP contribution in [0.15, 0.2) is 18.3 Å². The van der Waals surface area contributed by atoms with Gasteiger partial charge in [-0.15, -0.1) is 0 Å². The normalized spacial score (nSPS) is 22.2. The monoisotopic (exact) mass is 332 g/mol. The second kappa shape index (κ2) is 8.33. The molecular weight excluding hydrogens is 304 g/mol. The van der Waals surface area contributed by atoms with E-state index in [1.807, 2.05) is 19.2 Å². The predicted octanol–water partition coefficient (Wildman–Crippen LogP) is 2.44. The standard InChI is InChI=1S/C18H28N4O2/c1-14(16-6-5-11-24-16)21-18(23)20-13-15-7-8-19-17(12-15)22-9-3-2-4-10-22/h7-8,12,14,16H,2-6,9-11,13H2,1H3,(H2,20,21,23)/t14-,16-/m1/s1. The molecule has 0 aliphatic carbocycles. The summed E-state index contributed by atoms with van der Waals surface area (Å²) in [6.45, 7) is 5.45. The van der Waals surface area contributed by atoms with Gasteiger partial charge in [-0.25, -0.2) is 9.78 Å². The lowest BCUT2D eigenvalue weighted by molar-refractivity contribution is 0.0860. The molecule has 2 amide bonds. The van der Waals surface area contributed by atoms with E-state index in [-0.39, 0.29) is 18.2 Å². The molecule has 0 saturated carbocycles. The summed E-state index contributed by atoms with van der Waals surface area (Å²) < 4.78 is 5.61. The molecule has 24 heavy (non-hydrogen) atoms. The largest absolute Gasteiger partial charge is 0.376 e. The first kappa shape index (κ1) is 17.0. The van der Waals surface area contributed by atoms with Crippen molar-refractivity contribution in [3.63, 3.8) is 0 Å². The SMILES string of the molecule is C[C@@H](NC(=O)NCc1ccnc(N2CCCCC2)c1)[C@H]1CCCO1. The highest BCUT2D eigenvalue weighted by molar-refractivity contribution is 5.74. The minimum absolute atomic E-state index is 0.0360. The number of rotatable bonds is 5. The van der Waals surface area contributed by atoms with Crippen LogP contribution in [-0.4, -0.2) is 42.9 Å². The lowest BCUT2D eigenvalue weighted by Gasteiger charge is -2.28. The van der Waals surface area contributed by atoms with Gasteiger partial charge in [-0.05, 0) is 56.7 Å². The van der Waals surface area contributed by atoms with E-state index in [2.05, 4.69) is 26.6 Å². The highest BCUT2D eigenvalue weighted by Gasteiger charge is 2.23. The predicted molar refractivity (Wildman–Crippen MR) is 94.1 cm³/mol. The van der Waals surface area contributed by atoms with Crippen LogP contribution >= 0.6 is 0 Å². The number of piperidine rings is 1. The highest BCUT2D eigenvalue weighted by atomic mass is 16.5. The molecule has 3 rings (SSSR count). The van der Waals surface area contributed by atoms with Crippen molar-refractivity contribution in [2.45, 2.75) is 57.7 Å². The molecule has 0 aromatic carbocycles. The molecule has 2 aliphatic heterocycles. The molecule has 2 atom stereocenters. The molecule has 2 aliphatic rings. The van der Waals surface area contributed by atoms with Crippen LogP contribution in [0.3, 0.4) is 0 Å². The van der Waals surface area contributed by atoms with Crippen LogP contribution in [-0.2, 0) is 11.3 Å². The first-order valence-electron chi connectivity index (χ1n) is 9.08. The Kier molecular flexibility index (Phi) is 5.91. The summed E-state index contributed by atoms with van der Waals surface area (Å²) in [5.41, 5.74) is 1.07. The molecule has 2 N–H and O–H groups in total. The third-order valence-electron chi connectivity index (χ3n) is 4.82. The van der Waals surface area contributed by atoms with Crippen LogP contribution in [0.5, 0.6) is 0 Å². The molecule has 3 heterocycles. The number of pyridine rings is 1. The Balaban J connectivity index is 1.47. The van der Waals surface area contributed by atoms with Crippen molar-refractivity contribution in [2.75, 3.05) is 24.6 Å². The minimum atomic E-state index is -0.144. The van der Waals surface area contributed by atoms with Crippen molar-refractivity contribution in [1.82, 2.24) is 15.6 Å². The summed E-state index contributed by atoms with van der Waals surface area (Å²) in [5.74, 6) is 1.02. The smallest absolute Gasteiger partial charge is 0.315 e. The quantitative estimate of drug-likeness (QED) is 0.869. The second-order valence-electron chi connectivity index (χ2n) is 6.74. The average Bonchev–Trinajstić information content (AvgIpc) is 3.16. The van der Waals surface area contributed by atoms with E-state index < -0.39 is 0 Å². The number of ether oxygens (including phenoxy) is 1. The Hall–Kier alpha value is -1.82. The van der Waals surface area contributed by atoms with Crippen molar-refractivity contribution in [1.29, 1.82) is 0 Å². The van der Waals surface area contributed by atoms with Crippen LogP contribution in [0.1, 0.15) is 44.6 Å². The van der Waals surface area contributed by atoms with Crippen molar-refractivity contribution in [2.24, 2.45) is 0 Å². The van der Waals surface area contributed by atoms with Gasteiger partial charge < -0.3 is 20.3 Å². The fourth-order valence-corrected chi connectivity index (χ4v) is 3.40. The first-order valence-corrected chi connectivity index (χ1v) is 9.08. The van der Waals surface area contributed by atoms with Crippen LogP contribution in [0.25, 0.3) is 0 Å². The maximum Gasteiger partial charge on any atom is 0.315 e. The molecular formula is C18H28N4O2. The number of urea groups is 1. The topological polar surface area (TPSA) is 66.5 Å².